The molecular weight excluding hydrogens is 372 g/mol. The lowest BCUT2D eigenvalue weighted by Crippen LogP contribution is -2.30. The van der Waals surface area contributed by atoms with Crippen LogP contribution in [0.15, 0.2) is 30.6 Å². The summed E-state index contributed by atoms with van der Waals surface area (Å²) < 4.78 is 1.96. The van der Waals surface area contributed by atoms with Gasteiger partial charge in [-0.25, -0.2) is 15.0 Å². The summed E-state index contributed by atoms with van der Waals surface area (Å²) in [5.74, 6) is 0.779. The zero-order valence-electron chi connectivity index (χ0n) is 16.4. The van der Waals surface area contributed by atoms with Crippen LogP contribution in [0.3, 0.4) is 0 Å². The van der Waals surface area contributed by atoms with Gasteiger partial charge in [-0.15, -0.1) is 0 Å². The molecule has 0 saturated carbocycles. The number of rotatable bonds is 5. The summed E-state index contributed by atoms with van der Waals surface area (Å²) in [4.78, 5) is 29.4. The molecule has 0 radical (unpaired) electrons. The number of hydrogen-bond donors (Lipinski definition) is 1. The number of imidazole rings is 1. The molecule has 144 valence electrons. The highest BCUT2D eigenvalue weighted by molar-refractivity contribution is 7.21. The number of pyridine rings is 1. The Morgan fingerprint density at radius 1 is 1.21 bits per heavy atom. The Kier molecular flexibility index (Phi) is 4.72. The number of carbonyl (C=O) groups is 1. The molecule has 1 aromatic carbocycles. The van der Waals surface area contributed by atoms with Crippen LogP contribution in [-0.4, -0.2) is 50.5 Å². The molecule has 0 aliphatic carbocycles. The van der Waals surface area contributed by atoms with Gasteiger partial charge in [0.1, 0.15) is 26.4 Å². The number of anilines is 1. The summed E-state index contributed by atoms with van der Waals surface area (Å²) in [6.45, 7) is 5.36. The van der Waals surface area contributed by atoms with Crippen LogP contribution in [0.5, 0.6) is 0 Å². The molecule has 0 aliphatic rings. The van der Waals surface area contributed by atoms with Crippen LogP contribution < -0.4 is 5.32 Å². The molecule has 0 saturated heterocycles. The Balaban J connectivity index is 1.84. The van der Waals surface area contributed by atoms with Crippen LogP contribution in [0.1, 0.15) is 24.2 Å². The summed E-state index contributed by atoms with van der Waals surface area (Å²) in [6, 6.07) is 7.66. The first-order valence-corrected chi connectivity index (χ1v) is 10.1. The van der Waals surface area contributed by atoms with Crippen molar-refractivity contribution in [1.29, 1.82) is 0 Å². The van der Waals surface area contributed by atoms with Crippen molar-refractivity contribution in [2.75, 3.05) is 25.5 Å². The van der Waals surface area contributed by atoms with Crippen molar-refractivity contribution in [1.82, 2.24) is 24.4 Å². The third kappa shape index (κ3) is 2.90. The average Bonchev–Trinajstić information content (AvgIpc) is 3.32. The van der Waals surface area contributed by atoms with Crippen molar-refractivity contribution in [3.05, 3.63) is 36.2 Å². The second-order valence-electron chi connectivity index (χ2n) is 6.49. The van der Waals surface area contributed by atoms with Gasteiger partial charge in [-0.05, 0) is 26.0 Å². The van der Waals surface area contributed by atoms with Crippen LogP contribution in [-0.2, 0) is 7.05 Å². The van der Waals surface area contributed by atoms with E-state index >= 15 is 0 Å². The number of aryl methyl sites for hydroxylation is 1. The van der Waals surface area contributed by atoms with Crippen molar-refractivity contribution >= 4 is 44.4 Å². The van der Waals surface area contributed by atoms with Crippen LogP contribution in [0.2, 0.25) is 0 Å². The van der Waals surface area contributed by atoms with Crippen molar-refractivity contribution < 1.29 is 4.79 Å². The molecule has 1 amide bonds. The Bertz CT molecular complexity index is 1170. The number of nitrogens with zero attached hydrogens (tertiary/aromatic N) is 5. The van der Waals surface area contributed by atoms with Crippen LogP contribution in [0.4, 0.5) is 5.82 Å². The first kappa shape index (κ1) is 18.4. The molecule has 8 heteroatoms. The molecule has 1 N–H and O–H groups in total. The molecule has 0 unspecified atom stereocenters. The number of benzene rings is 1. The van der Waals surface area contributed by atoms with Crippen molar-refractivity contribution in [3.8, 4) is 10.6 Å². The van der Waals surface area contributed by atoms with Crippen molar-refractivity contribution in [2.24, 2.45) is 7.05 Å². The van der Waals surface area contributed by atoms with E-state index in [1.807, 2.05) is 61.7 Å². The third-order valence-electron chi connectivity index (χ3n) is 4.85. The highest BCUT2D eigenvalue weighted by Gasteiger charge is 2.18. The summed E-state index contributed by atoms with van der Waals surface area (Å²) >= 11 is 1.52. The number of amides is 1. The van der Waals surface area contributed by atoms with E-state index < -0.39 is 0 Å². The Morgan fingerprint density at radius 3 is 2.71 bits per heavy atom. The maximum absolute atomic E-state index is 12.7. The monoisotopic (exact) mass is 394 g/mol. The Morgan fingerprint density at radius 2 is 2.00 bits per heavy atom. The van der Waals surface area contributed by atoms with E-state index in [-0.39, 0.29) is 5.91 Å². The van der Waals surface area contributed by atoms with Crippen LogP contribution in [0, 0.1) is 0 Å². The lowest BCUT2D eigenvalue weighted by molar-refractivity contribution is 0.0773. The van der Waals surface area contributed by atoms with Gasteiger partial charge < -0.3 is 14.8 Å². The largest absolute Gasteiger partial charge is 0.371 e. The fourth-order valence-corrected chi connectivity index (χ4v) is 4.30. The quantitative estimate of drug-likeness (QED) is 0.558. The SMILES string of the molecule is CCN(CC)C(=O)c1cccc(-c2nc3c(nc(NC)c4ncn(C)c43)s2)c1. The number of fused-ring (bicyclic) bond motifs is 3. The zero-order valence-corrected chi connectivity index (χ0v) is 17.2. The van der Waals surface area contributed by atoms with E-state index in [1.165, 1.54) is 11.3 Å². The first-order chi connectivity index (χ1) is 13.6. The molecule has 0 spiro atoms. The van der Waals surface area contributed by atoms with Crippen molar-refractivity contribution in [3.63, 3.8) is 0 Å². The van der Waals surface area contributed by atoms with E-state index in [1.54, 1.807) is 6.33 Å². The van der Waals surface area contributed by atoms with Gasteiger partial charge in [-0.2, -0.15) is 0 Å². The van der Waals surface area contributed by atoms with Gasteiger partial charge >= 0.3 is 0 Å². The van der Waals surface area contributed by atoms with Gasteiger partial charge in [0.05, 0.1) is 6.33 Å². The van der Waals surface area contributed by atoms with E-state index in [4.69, 9.17) is 4.98 Å². The zero-order chi connectivity index (χ0) is 19.8. The maximum Gasteiger partial charge on any atom is 0.253 e. The second kappa shape index (κ2) is 7.20. The summed E-state index contributed by atoms with van der Waals surface area (Å²) in [5.41, 5.74) is 4.18. The lowest BCUT2D eigenvalue weighted by atomic mass is 10.1. The smallest absolute Gasteiger partial charge is 0.253 e. The minimum absolute atomic E-state index is 0.0394. The van der Waals surface area contributed by atoms with Gasteiger partial charge in [0.15, 0.2) is 5.82 Å². The molecule has 7 nitrogen and oxygen atoms in total. The molecule has 28 heavy (non-hydrogen) atoms. The summed E-state index contributed by atoms with van der Waals surface area (Å²) in [7, 11) is 3.79. The van der Waals surface area contributed by atoms with Gasteiger partial charge in [0.25, 0.3) is 5.91 Å². The number of thiazole rings is 1. The minimum Gasteiger partial charge on any atom is -0.371 e. The standard InChI is InChI=1S/C20H22N6OS/c1-5-26(6-2)20(27)13-9-7-8-12(10-13)18-23-15-16-14(22-11-25(16)4)17(21-3)24-19(15)28-18/h7-11H,5-6H2,1-4H3,(H,21,24). The van der Waals surface area contributed by atoms with Gasteiger partial charge in [-0.1, -0.05) is 23.5 Å². The summed E-state index contributed by atoms with van der Waals surface area (Å²) in [5, 5.41) is 3.96. The predicted molar refractivity (Wildman–Crippen MR) is 114 cm³/mol. The number of aromatic nitrogens is 4. The van der Waals surface area contributed by atoms with Crippen molar-refractivity contribution in [2.45, 2.75) is 13.8 Å². The molecule has 4 aromatic rings. The van der Waals surface area contributed by atoms with Gasteiger partial charge in [0, 0.05) is 38.3 Å². The lowest BCUT2D eigenvalue weighted by Gasteiger charge is -2.18. The average molecular weight is 395 g/mol. The molecule has 3 aromatic heterocycles. The minimum atomic E-state index is 0.0394. The number of hydrogen-bond acceptors (Lipinski definition) is 6. The molecule has 0 atom stereocenters. The molecule has 0 bridgehead atoms. The maximum atomic E-state index is 12.7. The van der Waals surface area contributed by atoms with Gasteiger partial charge in [0.2, 0.25) is 0 Å². The van der Waals surface area contributed by atoms with Crippen LogP contribution >= 0.6 is 11.3 Å². The molecule has 0 aliphatic heterocycles. The fourth-order valence-electron chi connectivity index (χ4n) is 3.36. The predicted octanol–water partition coefficient (Wildman–Crippen LogP) is 3.77. The van der Waals surface area contributed by atoms with E-state index in [0.29, 0.717) is 18.7 Å². The summed E-state index contributed by atoms with van der Waals surface area (Å²) in [6.07, 6.45) is 1.77. The van der Waals surface area contributed by atoms with Crippen LogP contribution in [0.25, 0.3) is 32.0 Å². The second-order valence-corrected chi connectivity index (χ2v) is 7.47. The normalized spacial score (nSPS) is 11.3. The molecule has 4 rings (SSSR count). The molecule has 3 heterocycles. The van der Waals surface area contributed by atoms with E-state index in [2.05, 4.69) is 15.3 Å². The third-order valence-corrected chi connectivity index (χ3v) is 5.85. The number of carbonyl (C=O) groups excluding carboxylic acids is 1. The van der Waals surface area contributed by atoms with Gasteiger partial charge in [-0.3, -0.25) is 4.79 Å². The highest BCUT2D eigenvalue weighted by atomic mass is 32.1. The molecular formula is C20H22N6OS. The number of nitrogens with one attached hydrogen (secondary N) is 1. The Hall–Kier alpha value is -3.00. The fraction of sp³-hybridized carbons (Fsp3) is 0.300. The Labute approximate surface area is 167 Å². The molecule has 0 fully saturated rings. The van der Waals surface area contributed by atoms with E-state index in [0.717, 1.165) is 37.8 Å². The first-order valence-electron chi connectivity index (χ1n) is 9.26. The van der Waals surface area contributed by atoms with E-state index in [9.17, 15) is 4.79 Å². The highest BCUT2D eigenvalue weighted by Crippen LogP contribution is 2.35. The topological polar surface area (TPSA) is 75.9 Å².